The zero-order valence-electron chi connectivity index (χ0n) is 8.88. The minimum absolute atomic E-state index is 0.427. The van der Waals surface area contributed by atoms with Crippen LogP contribution in [0.3, 0.4) is 0 Å². The van der Waals surface area contributed by atoms with Crippen LogP contribution in [0.15, 0.2) is 52.2 Å². The van der Waals surface area contributed by atoms with Crippen LogP contribution in [0.4, 0.5) is 5.82 Å². The standard InChI is InChI=1S/C12H10ClN3O/c13-11-6-1-7-12(15-11)16-14-8-2-4-10-5-3-9-17-10/h1-9H,(H,15,16). The molecular weight excluding hydrogens is 238 g/mol. The van der Waals surface area contributed by atoms with E-state index in [1.807, 2.05) is 12.1 Å². The topological polar surface area (TPSA) is 50.4 Å². The molecule has 0 bridgehead atoms. The molecule has 0 saturated carbocycles. The molecule has 2 aromatic heterocycles. The number of aromatic nitrogens is 1. The number of nitrogens with zero attached hydrogens (tertiary/aromatic N) is 2. The summed E-state index contributed by atoms with van der Waals surface area (Å²) in [5, 5.41) is 4.38. The van der Waals surface area contributed by atoms with Gasteiger partial charge in [0.2, 0.25) is 0 Å². The van der Waals surface area contributed by atoms with Gasteiger partial charge in [0.05, 0.1) is 6.26 Å². The number of furan rings is 1. The lowest BCUT2D eigenvalue weighted by molar-refractivity contribution is 0.557. The summed E-state index contributed by atoms with van der Waals surface area (Å²) in [6.45, 7) is 0. The van der Waals surface area contributed by atoms with Crippen LogP contribution >= 0.6 is 11.6 Å². The zero-order valence-corrected chi connectivity index (χ0v) is 9.63. The van der Waals surface area contributed by atoms with Crippen LogP contribution in [0.1, 0.15) is 5.76 Å². The Balaban J connectivity index is 1.86. The van der Waals surface area contributed by atoms with Crippen molar-refractivity contribution < 1.29 is 4.42 Å². The van der Waals surface area contributed by atoms with Gasteiger partial charge in [-0.25, -0.2) is 4.98 Å². The zero-order chi connectivity index (χ0) is 11.9. The molecule has 0 saturated heterocycles. The number of hydrazone groups is 1. The van der Waals surface area contributed by atoms with Gasteiger partial charge in [-0.15, -0.1) is 0 Å². The van der Waals surface area contributed by atoms with Gasteiger partial charge in [-0.2, -0.15) is 5.10 Å². The van der Waals surface area contributed by atoms with Crippen molar-refractivity contribution in [3.05, 3.63) is 53.6 Å². The van der Waals surface area contributed by atoms with E-state index in [0.29, 0.717) is 11.0 Å². The normalized spacial score (nSPS) is 11.4. The van der Waals surface area contributed by atoms with Gasteiger partial charge in [0, 0.05) is 6.21 Å². The molecule has 2 heterocycles. The van der Waals surface area contributed by atoms with Crippen molar-refractivity contribution in [2.24, 2.45) is 5.10 Å². The number of rotatable bonds is 4. The minimum atomic E-state index is 0.427. The van der Waals surface area contributed by atoms with E-state index in [1.54, 1.807) is 42.8 Å². The summed E-state index contributed by atoms with van der Waals surface area (Å²) in [5.74, 6) is 1.37. The molecule has 1 N–H and O–H groups in total. The van der Waals surface area contributed by atoms with Gasteiger partial charge in [-0.3, -0.25) is 5.43 Å². The molecule has 2 rings (SSSR count). The third kappa shape index (κ3) is 3.77. The van der Waals surface area contributed by atoms with Crippen molar-refractivity contribution in [3.8, 4) is 0 Å². The molecule has 2 aromatic rings. The van der Waals surface area contributed by atoms with Crippen LogP contribution < -0.4 is 5.43 Å². The van der Waals surface area contributed by atoms with Crippen molar-refractivity contribution >= 4 is 29.7 Å². The Morgan fingerprint density at radius 1 is 1.29 bits per heavy atom. The van der Waals surface area contributed by atoms with Gasteiger partial charge in [0.1, 0.15) is 16.7 Å². The number of pyridine rings is 1. The third-order valence-electron chi connectivity index (χ3n) is 1.86. The predicted molar refractivity (Wildman–Crippen MR) is 69.1 cm³/mol. The number of hydrogen-bond donors (Lipinski definition) is 1. The molecule has 5 heteroatoms. The lowest BCUT2D eigenvalue weighted by Gasteiger charge is -1.97. The van der Waals surface area contributed by atoms with Crippen LogP contribution in [0.25, 0.3) is 6.08 Å². The van der Waals surface area contributed by atoms with E-state index < -0.39 is 0 Å². The fourth-order valence-electron chi connectivity index (χ4n) is 1.14. The van der Waals surface area contributed by atoms with E-state index >= 15 is 0 Å². The van der Waals surface area contributed by atoms with Crippen LogP contribution in [-0.2, 0) is 0 Å². The molecule has 0 spiro atoms. The lowest BCUT2D eigenvalue weighted by Crippen LogP contribution is -1.91. The molecule has 0 aliphatic rings. The monoisotopic (exact) mass is 247 g/mol. The van der Waals surface area contributed by atoms with Gasteiger partial charge >= 0.3 is 0 Å². The Hall–Kier alpha value is -2.07. The first-order valence-corrected chi connectivity index (χ1v) is 5.34. The Morgan fingerprint density at radius 3 is 3.00 bits per heavy atom. The quantitative estimate of drug-likeness (QED) is 0.512. The molecule has 0 aliphatic carbocycles. The first-order chi connectivity index (χ1) is 8.34. The molecular formula is C12H10ClN3O. The number of hydrogen-bond acceptors (Lipinski definition) is 4. The molecule has 0 aromatic carbocycles. The van der Waals surface area contributed by atoms with E-state index in [0.717, 1.165) is 5.76 Å². The molecule has 0 amide bonds. The predicted octanol–water partition coefficient (Wildman–Crippen LogP) is 3.44. The molecule has 0 fully saturated rings. The van der Waals surface area contributed by atoms with Gasteiger partial charge < -0.3 is 4.42 Å². The highest BCUT2D eigenvalue weighted by molar-refractivity contribution is 6.29. The summed E-state index contributed by atoms with van der Waals surface area (Å²) >= 11 is 5.72. The first-order valence-electron chi connectivity index (χ1n) is 4.96. The average molecular weight is 248 g/mol. The molecule has 0 unspecified atom stereocenters. The van der Waals surface area contributed by atoms with Crippen molar-refractivity contribution in [2.75, 3.05) is 5.43 Å². The van der Waals surface area contributed by atoms with Gasteiger partial charge in [0.25, 0.3) is 0 Å². The van der Waals surface area contributed by atoms with Crippen LogP contribution in [0, 0.1) is 0 Å². The maximum atomic E-state index is 5.72. The Morgan fingerprint density at radius 2 is 2.24 bits per heavy atom. The highest BCUT2D eigenvalue weighted by Gasteiger charge is 1.91. The average Bonchev–Trinajstić information content (AvgIpc) is 2.82. The number of halogens is 1. The van der Waals surface area contributed by atoms with E-state index in [9.17, 15) is 0 Å². The minimum Gasteiger partial charge on any atom is -0.465 e. The largest absolute Gasteiger partial charge is 0.465 e. The van der Waals surface area contributed by atoms with E-state index in [1.165, 1.54) is 0 Å². The van der Waals surface area contributed by atoms with Crippen molar-refractivity contribution in [1.82, 2.24) is 4.98 Å². The highest BCUT2D eigenvalue weighted by atomic mass is 35.5. The third-order valence-corrected chi connectivity index (χ3v) is 2.07. The number of allylic oxidation sites excluding steroid dienone is 1. The van der Waals surface area contributed by atoms with Crippen molar-refractivity contribution in [1.29, 1.82) is 0 Å². The lowest BCUT2D eigenvalue weighted by atomic mass is 10.4. The Labute approximate surface area is 104 Å². The summed E-state index contributed by atoms with van der Waals surface area (Å²) in [4.78, 5) is 4.02. The van der Waals surface area contributed by atoms with Gasteiger partial charge in [-0.1, -0.05) is 17.7 Å². The smallest absolute Gasteiger partial charge is 0.147 e. The van der Waals surface area contributed by atoms with E-state index in [2.05, 4.69) is 15.5 Å². The SMILES string of the molecule is Clc1cccc(NN=CC=Cc2ccco2)n1. The molecule has 0 atom stereocenters. The van der Waals surface area contributed by atoms with Crippen LogP contribution in [-0.4, -0.2) is 11.2 Å². The molecule has 17 heavy (non-hydrogen) atoms. The first kappa shape index (κ1) is 11.4. The van der Waals surface area contributed by atoms with Crippen LogP contribution in [0.2, 0.25) is 5.15 Å². The molecule has 0 aliphatic heterocycles. The molecule has 4 nitrogen and oxygen atoms in total. The fraction of sp³-hybridized carbons (Fsp3) is 0. The summed E-state index contributed by atoms with van der Waals surface area (Å²) in [6.07, 6.45) is 6.78. The van der Waals surface area contributed by atoms with Crippen LogP contribution in [0.5, 0.6) is 0 Å². The van der Waals surface area contributed by atoms with Gasteiger partial charge in [-0.05, 0) is 36.4 Å². The number of nitrogens with one attached hydrogen (secondary N) is 1. The molecule has 86 valence electrons. The maximum Gasteiger partial charge on any atom is 0.147 e. The second kappa shape index (κ2) is 5.86. The second-order valence-electron chi connectivity index (χ2n) is 3.11. The summed E-state index contributed by atoms with van der Waals surface area (Å²) in [6, 6.07) is 8.96. The Kier molecular flexibility index (Phi) is 3.94. The fourth-order valence-corrected chi connectivity index (χ4v) is 1.30. The second-order valence-corrected chi connectivity index (χ2v) is 3.50. The number of anilines is 1. The van der Waals surface area contributed by atoms with Crippen molar-refractivity contribution in [3.63, 3.8) is 0 Å². The van der Waals surface area contributed by atoms with E-state index in [-0.39, 0.29) is 0 Å². The highest BCUT2D eigenvalue weighted by Crippen LogP contribution is 2.08. The summed E-state index contributed by atoms with van der Waals surface area (Å²) < 4.78 is 5.12. The van der Waals surface area contributed by atoms with Crippen molar-refractivity contribution in [2.45, 2.75) is 0 Å². The summed E-state index contributed by atoms with van der Waals surface area (Å²) in [5.41, 5.74) is 2.76. The molecule has 0 radical (unpaired) electrons. The Bertz CT molecular complexity index is 520. The van der Waals surface area contributed by atoms with E-state index in [4.69, 9.17) is 16.0 Å². The maximum absolute atomic E-state index is 5.72. The van der Waals surface area contributed by atoms with Gasteiger partial charge in [0.15, 0.2) is 0 Å². The summed E-state index contributed by atoms with van der Waals surface area (Å²) in [7, 11) is 0.